The second-order valence-corrected chi connectivity index (χ2v) is 4.51. The van der Waals surface area contributed by atoms with Gasteiger partial charge >= 0.3 is 0 Å². The van der Waals surface area contributed by atoms with Crippen LogP contribution in [0.1, 0.15) is 41.0 Å². The van der Waals surface area contributed by atoms with Crippen molar-refractivity contribution in [3.63, 3.8) is 0 Å². The third-order valence-electron chi connectivity index (χ3n) is 2.78. The molecule has 0 bridgehead atoms. The quantitative estimate of drug-likeness (QED) is 0.704. The number of carbonyl (C=O) groups is 2. The number of phenolic OH excluding ortho intramolecular Hbond substituents is 1. The molecule has 0 spiro atoms. The highest BCUT2D eigenvalue weighted by Crippen LogP contribution is 2.37. The first-order valence-electron chi connectivity index (χ1n) is 4.83. The van der Waals surface area contributed by atoms with E-state index in [0.717, 1.165) is 0 Å². The van der Waals surface area contributed by atoms with Crippen LogP contribution < -0.4 is 0 Å². The van der Waals surface area contributed by atoms with Crippen LogP contribution in [-0.4, -0.2) is 16.7 Å². The Morgan fingerprint density at radius 2 is 1.93 bits per heavy atom. The van der Waals surface area contributed by atoms with Crippen molar-refractivity contribution in [2.75, 3.05) is 0 Å². The third-order valence-corrected chi connectivity index (χ3v) is 2.78. The fourth-order valence-corrected chi connectivity index (χ4v) is 1.96. The van der Waals surface area contributed by atoms with Gasteiger partial charge in [0, 0.05) is 17.4 Å². The summed E-state index contributed by atoms with van der Waals surface area (Å²) in [7, 11) is 0. The van der Waals surface area contributed by atoms with Crippen LogP contribution in [0.15, 0.2) is 18.2 Å². The van der Waals surface area contributed by atoms with Crippen molar-refractivity contribution in [1.82, 2.24) is 0 Å². The zero-order valence-corrected chi connectivity index (χ0v) is 8.70. The summed E-state index contributed by atoms with van der Waals surface area (Å²) >= 11 is 0. The highest BCUT2D eigenvalue weighted by Gasteiger charge is 2.39. The molecule has 0 atom stereocenters. The zero-order chi connectivity index (χ0) is 11.2. The van der Waals surface area contributed by atoms with Crippen LogP contribution in [0.4, 0.5) is 0 Å². The Labute approximate surface area is 87.7 Å². The normalized spacial score (nSPS) is 18.8. The zero-order valence-electron chi connectivity index (χ0n) is 8.70. The number of rotatable bonds is 0. The van der Waals surface area contributed by atoms with Gasteiger partial charge < -0.3 is 5.11 Å². The van der Waals surface area contributed by atoms with Crippen molar-refractivity contribution in [2.24, 2.45) is 5.41 Å². The van der Waals surface area contributed by atoms with E-state index in [4.69, 9.17) is 0 Å². The summed E-state index contributed by atoms with van der Waals surface area (Å²) in [5, 5.41) is 9.54. The lowest BCUT2D eigenvalue weighted by atomic mass is 9.72. The summed E-state index contributed by atoms with van der Waals surface area (Å²) in [5.74, 6) is -0.331. The van der Waals surface area contributed by atoms with E-state index in [-0.39, 0.29) is 29.3 Å². The summed E-state index contributed by atoms with van der Waals surface area (Å²) in [5.41, 5.74) is -0.129. The van der Waals surface area contributed by atoms with Crippen LogP contribution in [0.3, 0.4) is 0 Å². The van der Waals surface area contributed by atoms with Crippen molar-refractivity contribution in [3.05, 3.63) is 29.3 Å². The molecule has 0 aliphatic heterocycles. The van der Waals surface area contributed by atoms with Crippen molar-refractivity contribution in [2.45, 2.75) is 20.3 Å². The third kappa shape index (κ3) is 1.35. The molecule has 0 aromatic heterocycles. The van der Waals surface area contributed by atoms with Gasteiger partial charge in [0.15, 0.2) is 11.6 Å². The number of ketones is 2. The summed E-state index contributed by atoms with van der Waals surface area (Å²) in [4.78, 5) is 23.7. The van der Waals surface area contributed by atoms with Crippen molar-refractivity contribution < 1.29 is 14.7 Å². The Morgan fingerprint density at radius 3 is 2.60 bits per heavy atom. The molecule has 3 nitrogen and oxygen atoms in total. The number of benzene rings is 1. The number of aromatic hydroxyl groups is 1. The SMILES string of the molecule is CC1(C)CC(=O)c2c(O)cccc2C1=O. The van der Waals surface area contributed by atoms with Gasteiger partial charge in [-0.2, -0.15) is 0 Å². The largest absolute Gasteiger partial charge is 0.507 e. The van der Waals surface area contributed by atoms with Gasteiger partial charge in [0.1, 0.15) is 5.75 Å². The average molecular weight is 204 g/mol. The smallest absolute Gasteiger partial charge is 0.169 e. The van der Waals surface area contributed by atoms with E-state index in [1.54, 1.807) is 26.0 Å². The Balaban J connectivity index is 2.70. The Kier molecular flexibility index (Phi) is 1.93. The van der Waals surface area contributed by atoms with Crippen LogP contribution in [0, 0.1) is 5.41 Å². The number of phenols is 1. The van der Waals surface area contributed by atoms with Gasteiger partial charge in [-0.25, -0.2) is 0 Å². The van der Waals surface area contributed by atoms with E-state index in [1.165, 1.54) is 6.07 Å². The first kappa shape index (κ1) is 9.90. The van der Waals surface area contributed by atoms with Crippen LogP contribution in [0.25, 0.3) is 0 Å². The van der Waals surface area contributed by atoms with E-state index in [2.05, 4.69) is 0 Å². The molecule has 0 heterocycles. The number of Topliss-reactive ketones (excluding diaryl/α,β-unsaturated/α-hetero) is 2. The van der Waals surface area contributed by atoms with Gasteiger partial charge in [-0.05, 0) is 6.07 Å². The molecule has 1 N–H and O–H groups in total. The summed E-state index contributed by atoms with van der Waals surface area (Å²) in [6, 6.07) is 4.61. The van der Waals surface area contributed by atoms with Gasteiger partial charge in [-0.1, -0.05) is 26.0 Å². The maximum absolute atomic E-state index is 12.0. The maximum atomic E-state index is 12.0. The molecule has 0 saturated carbocycles. The molecule has 2 rings (SSSR count). The molecule has 0 amide bonds. The van der Waals surface area contributed by atoms with Crippen molar-refractivity contribution >= 4 is 11.6 Å². The lowest BCUT2D eigenvalue weighted by Gasteiger charge is -2.28. The molecular weight excluding hydrogens is 192 g/mol. The Bertz CT molecular complexity index is 458. The van der Waals surface area contributed by atoms with Gasteiger partial charge in [0.2, 0.25) is 0 Å². The van der Waals surface area contributed by atoms with Gasteiger partial charge in [0.05, 0.1) is 5.56 Å². The standard InChI is InChI=1S/C12H12O3/c1-12(2)6-9(14)10-7(11(12)15)4-3-5-8(10)13/h3-5,13H,6H2,1-2H3. The first-order chi connectivity index (χ1) is 6.93. The summed E-state index contributed by atoms with van der Waals surface area (Å²) in [6.07, 6.45) is 0.163. The number of carbonyl (C=O) groups excluding carboxylic acids is 2. The minimum Gasteiger partial charge on any atom is -0.507 e. The van der Waals surface area contributed by atoms with E-state index in [0.29, 0.717) is 5.56 Å². The molecule has 0 fully saturated rings. The molecule has 1 aliphatic rings. The lowest BCUT2D eigenvalue weighted by molar-refractivity contribution is 0.0736. The van der Waals surface area contributed by atoms with Crippen LogP contribution >= 0.6 is 0 Å². The fraction of sp³-hybridized carbons (Fsp3) is 0.333. The van der Waals surface area contributed by atoms with Gasteiger partial charge in [-0.3, -0.25) is 9.59 Å². The molecule has 15 heavy (non-hydrogen) atoms. The fourth-order valence-electron chi connectivity index (χ4n) is 1.96. The van der Waals surface area contributed by atoms with Gasteiger partial charge in [0.25, 0.3) is 0 Å². The highest BCUT2D eigenvalue weighted by molar-refractivity contribution is 6.17. The second-order valence-electron chi connectivity index (χ2n) is 4.51. The molecule has 78 valence electrons. The molecule has 3 heteroatoms. The van der Waals surface area contributed by atoms with E-state index in [1.807, 2.05) is 0 Å². The first-order valence-corrected chi connectivity index (χ1v) is 4.83. The van der Waals surface area contributed by atoms with Crippen LogP contribution in [-0.2, 0) is 0 Å². The van der Waals surface area contributed by atoms with Gasteiger partial charge in [-0.15, -0.1) is 0 Å². The Hall–Kier alpha value is -1.64. The molecule has 0 unspecified atom stereocenters. The molecule has 1 aromatic rings. The number of hydrogen-bond donors (Lipinski definition) is 1. The second kappa shape index (κ2) is 2.92. The van der Waals surface area contributed by atoms with E-state index >= 15 is 0 Å². The van der Waals surface area contributed by atoms with Crippen molar-refractivity contribution in [1.29, 1.82) is 0 Å². The maximum Gasteiger partial charge on any atom is 0.169 e. The van der Waals surface area contributed by atoms with Crippen molar-refractivity contribution in [3.8, 4) is 5.75 Å². The lowest BCUT2D eigenvalue weighted by Crippen LogP contribution is -2.33. The minimum atomic E-state index is -0.655. The number of fused-ring (bicyclic) bond motifs is 1. The molecule has 0 radical (unpaired) electrons. The number of hydrogen-bond acceptors (Lipinski definition) is 3. The van der Waals surface area contributed by atoms with E-state index < -0.39 is 5.41 Å². The molecular formula is C12H12O3. The molecule has 1 aliphatic carbocycles. The average Bonchev–Trinajstić information content (AvgIpc) is 2.13. The molecule has 1 aromatic carbocycles. The predicted molar refractivity (Wildman–Crippen MR) is 55.2 cm³/mol. The van der Waals surface area contributed by atoms with Crippen LogP contribution in [0.2, 0.25) is 0 Å². The highest BCUT2D eigenvalue weighted by atomic mass is 16.3. The Morgan fingerprint density at radius 1 is 1.27 bits per heavy atom. The molecule has 0 saturated heterocycles. The minimum absolute atomic E-state index is 0.0759. The van der Waals surface area contributed by atoms with E-state index in [9.17, 15) is 14.7 Å². The van der Waals surface area contributed by atoms with Crippen LogP contribution in [0.5, 0.6) is 5.75 Å². The topological polar surface area (TPSA) is 54.4 Å². The predicted octanol–water partition coefficient (Wildman–Crippen LogP) is 2.19. The summed E-state index contributed by atoms with van der Waals surface area (Å²) < 4.78 is 0. The summed E-state index contributed by atoms with van der Waals surface area (Å²) in [6.45, 7) is 3.50. The monoisotopic (exact) mass is 204 g/mol.